The van der Waals surface area contributed by atoms with E-state index in [0.29, 0.717) is 11.7 Å². The minimum Gasteiger partial charge on any atom is -0.497 e. The van der Waals surface area contributed by atoms with Crippen LogP contribution in [-0.2, 0) is 14.6 Å². The second-order valence-electron chi connectivity index (χ2n) is 7.97. The molecule has 2 heterocycles. The molecule has 0 radical (unpaired) electrons. The van der Waals surface area contributed by atoms with Crippen LogP contribution in [0, 0.1) is 6.92 Å². The van der Waals surface area contributed by atoms with Gasteiger partial charge >= 0.3 is 0 Å². The van der Waals surface area contributed by atoms with Crippen molar-refractivity contribution in [3.63, 3.8) is 0 Å². The second-order valence-corrected chi connectivity index (χ2v) is 11.3. The van der Waals surface area contributed by atoms with Gasteiger partial charge in [-0.2, -0.15) is 0 Å². The number of rotatable bonds is 6. The number of amides is 1. The smallest absolute Gasteiger partial charge is 0.247 e. The molecule has 170 valence electrons. The zero-order valence-corrected chi connectivity index (χ0v) is 20.0. The van der Waals surface area contributed by atoms with Crippen LogP contribution in [0.5, 0.6) is 5.75 Å². The topological polar surface area (TPSA) is 79.3 Å². The highest BCUT2D eigenvalue weighted by atomic mass is 32.2. The Morgan fingerprint density at radius 1 is 1.16 bits per heavy atom. The van der Waals surface area contributed by atoms with Gasteiger partial charge in [0.1, 0.15) is 12.3 Å². The molecule has 9 heteroatoms. The Morgan fingerprint density at radius 3 is 2.53 bits per heavy atom. The summed E-state index contributed by atoms with van der Waals surface area (Å²) in [4.78, 5) is 21.8. The maximum atomic E-state index is 13.4. The average molecular weight is 474 g/mol. The number of aryl methyl sites for hydroxylation is 1. The molecule has 0 N–H and O–H groups in total. The summed E-state index contributed by atoms with van der Waals surface area (Å²) >= 11 is 1.45. The van der Waals surface area contributed by atoms with E-state index >= 15 is 0 Å². The third-order valence-corrected chi connectivity index (χ3v) is 8.89. The molecule has 0 aliphatic carbocycles. The highest BCUT2D eigenvalue weighted by Crippen LogP contribution is 2.37. The summed E-state index contributed by atoms with van der Waals surface area (Å²) in [5.41, 5.74) is 2.76. The van der Waals surface area contributed by atoms with Crippen LogP contribution >= 0.6 is 11.8 Å². The Morgan fingerprint density at radius 2 is 1.91 bits per heavy atom. The Kier molecular flexibility index (Phi) is 6.48. The van der Waals surface area contributed by atoms with Gasteiger partial charge in [-0.3, -0.25) is 9.79 Å². The Balaban J connectivity index is 1.63. The van der Waals surface area contributed by atoms with Crippen molar-refractivity contribution in [2.45, 2.75) is 25.1 Å². The van der Waals surface area contributed by atoms with Gasteiger partial charge in [0.05, 0.1) is 24.7 Å². The van der Waals surface area contributed by atoms with Gasteiger partial charge in [-0.1, -0.05) is 23.9 Å². The molecule has 2 aliphatic rings. The number of hydrogen-bond acceptors (Lipinski definition) is 7. The van der Waals surface area contributed by atoms with Crippen LogP contribution in [-0.4, -0.2) is 62.5 Å². The van der Waals surface area contributed by atoms with Crippen molar-refractivity contribution in [2.75, 3.05) is 41.5 Å². The van der Waals surface area contributed by atoms with Crippen LogP contribution in [0.25, 0.3) is 0 Å². The molecule has 0 aromatic heterocycles. The van der Waals surface area contributed by atoms with Crippen molar-refractivity contribution < 1.29 is 17.9 Å². The first-order chi connectivity index (χ1) is 15.3. The maximum absolute atomic E-state index is 13.4. The van der Waals surface area contributed by atoms with Gasteiger partial charge in [-0.15, -0.1) is 0 Å². The average Bonchev–Trinajstić information content (AvgIpc) is 3.26. The summed E-state index contributed by atoms with van der Waals surface area (Å²) in [5.74, 6) is 0.869. The van der Waals surface area contributed by atoms with Gasteiger partial charge in [-0.05, 0) is 55.8 Å². The predicted molar refractivity (Wildman–Crippen MR) is 131 cm³/mol. The molecule has 7 nitrogen and oxygen atoms in total. The molecule has 2 aromatic rings. The number of amidine groups is 1. The van der Waals surface area contributed by atoms with Gasteiger partial charge in [-0.25, -0.2) is 8.42 Å². The molecule has 32 heavy (non-hydrogen) atoms. The third-order valence-electron chi connectivity index (χ3n) is 5.64. The molecule has 2 aliphatic heterocycles. The molecule has 2 atom stereocenters. The second kappa shape index (κ2) is 9.15. The zero-order chi connectivity index (χ0) is 22.9. The summed E-state index contributed by atoms with van der Waals surface area (Å²) in [6, 6.07) is 15.1. The van der Waals surface area contributed by atoms with Crippen molar-refractivity contribution in [2.24, 2.45) is 4.99 Å². The highest BCUT2D eigenvalue weighted by molar-refractivity contribution is 8.15. The number of carbonyl (C=O) groups is 1. The summed E-state index contributed by atoms with van der Waals surface area (Å²) in [6.45, 7) is 4.60. The fourth-order valence-corrected chi connectivity index (χ4v) is 7.80. The largest absolute Gasteiger partial charge is 0.497 e. The number of nitrogens with zero attached hydrogens (tertiary/aromatic N) is 3. The molecule has 0 unspecified atom stereocenters. The molecule has 4 rings (SSSR count). The number of methoxy groups -OCH3 is 1. The van der Waals surface area contributed by atoms with Crippen molar-refractivity contribution in [3.8, 4) is 5.75 Å². The number of fused-ring (bicyclic) bond motifs is 1. The van der Waals surface area contributed by atoms with Crippen LogP contribution < -0.4 is 14.5 Å². The van der Waals surface area contributed by atoms with Crippen molar-refractivity contribution in [3.05, 3.63) is 54.1 Å². The van der Waals surface area contributed by atoms with E-state index in [0.717, 1.165) is 22.7 Å². The van der Waals surface area contributed by atoms with Gasteiger partial charge in [0.2, 0.25) is 5.91 Å². The van der Waals surface area contributed by atoms with Gasteiger partial charge in [0, 0.05) is 23.2 Å². The number of likely N-dealkylation sites (N-methyl/N-ethyl adjacent to an activating group) is 1. The molecular formula is C23H27N3O4S2. The Labute approximate surface area is 193 Å². The van der Waals surface area contributed by atoms with E-state index < -0.39 is 9.84 Å². The highest BCUT2D eigenvalue weighted by Gasteiger charge is 2.44. The summed E-state index contributed by atoms with van der Waals surface area (Å²) in [6.07, 6.45) is 0. The number of benzene rings is 2. The van der Waals surface area contributed by atoms with Crippen molar-refractivity contribution >= 4 is 44.0 Å². The van der Waals surface area contributed by atoms with Gasteiger partial charge < -0.3 is 14.5 Å². The zero-order valence-electron chi connectivity index (χ0n) is 18.4. The molecule has 1 amide bonds. The predicted octanol–water partition coefficient (Wildman–Crippen LogP) is 3.13. The molecule has 0 saturated carbocycles. The monoisotopic (exact) mass is 473 g/mol. The van der Waals surface area contributed by atoms with Crippen LogP contribution in [0.3, 0.4) is 0 Å². The van der Waals surface area contributed by atoms with E-state index in [-0.39, 0.29) is 35.2 Å². The fourth-order valence-electron chi connectivity index (χ4n) is 4.02. The van der Waals surface area contributed by atoms with Crippen molar-refractivity contribution in [1.29, 1.82) is 0 Å². The first kappa shape index (κ1) is 22.7. The minimum absolute atomic E-state index is 0.0538. The summed E-state index contributed by atoms with van der Waals surface area (Å²) < 4.78 is 29.2. The summed E-state index contributed by atoms with van der Waals surface area (Å²) in [5, 5.41) is 0.596. The third kappa shape index (κ3) is 4.78. The van der Waals surface area contributed by atoms with Gasteiger partial charge in [0.25, 0.3) is 0 Å². The number of thioether (sulfide) groups is 1. The molecule has 1 saturated heterocycles. The van der Waals surface area contributed by atoms with Crippen LogP contribution in [0.4, 0.5) is 11.4 Å². The SMILES string of the molecule is CCN(C(=O)CN(C1=N[C@H]2CS(=O)(=O)C[C@@H]2S1)c1ccc(OC)cc1)c1cccc(C)c1. The number of ether oxygens (including phenoxy) is 1. The lowest BCUT2D eigenvalue weighted by molar-refractivity contribution is -0.117. The lowest BCUT2D eigenvalue weighted by Gasteiger charge is -2.28. The normalized spacial score (nSPS) is 21.0. The Hall–Kier alpha value is -2.52. The van der Waals surface area contributed by atoms with E-state index in [1.54, 1.807) is 12.0 Å². The first-order valence-corrected chi connectivity index (χ1v) is 13.2. The van der Waals surface area contributed by atoms with E-state index in [1.807, 2.05) is 67.3 Å². The fraction of sp³-hybridized carbons (Fsp3) is 0.391. The van der Waals surface area contributed by atoms with Crippen LogP contribution in [0.1, 0.15) is 12.5 Å². The lowest BCUT2D eigenvalue weighted by Crippen LogP contribution is -2.42. The van der Waals surface area contributed by atoms with Gasteiger partial charge in [0.15, 0.2) is 15.0 Å². The first-order valence-electron chi connectivity index (χ1n) is 10.5. The van der Waals surface area contributed by atoms with E-state index in [9.17, 15) is 13.2 Å². The number of aliphatic imine (C=N–C) groups is 1. The van der Waals surface area contributed by atoms with E-state index in [4.69, 9.17) is 9.73 Å². The number of sulfone groups is 1. The number of hydrogen-bond donors (Lipinski definition) is 0. The molecule has 2 aromatic carbocycles. The lowest BCUT2D eigenvalue weighted by atomic mass is 10.2. The van der Waals surface area contributed by atoms with E-state index in [2.05, 4.69) is 0 Å². The number of anilines is 2. The standard InChI is InChI=1S/C23H27N3O4S2/c1-4-25(18-7-5-6-16(2)12-18)22(27)13-26(17-8-10-19(30-3)11-9-17)23-24-20-14-32(28,29)15-21(20)31-23/h5-12,20-21H,4,13-15H2,1-3H3/t20-,21-/m0/s1. The van der Waals surface area contributed by atoms with Crippen LogP contribution in [0.2, 0.25) is 0 Å². The Bertz CT molecular complexity index is 1130. The van der Waals surface area contributed by atoms with E-state index in [1.165, 1.54) is 11.8 Å². The minimum atomic E-state index is -3.05. The quantitative estimate of drug-likeness (QED) is 0.641. The van der Waals surface area contributed by atoms with Crippen molar-refractivity contribution in [1.82, 2.24) is 0 Å². The molecule has 0 bridgehead atoms. The molecule has 0 spiro atoms. The molecular weight excluding hydrogens is 446 g/mol. The summed E-state index contributed by atoms with van der Waals surface area (Å²) in [7, 11) is -1.44. The number of carbonyl (C=O) groups excluding carboxylic acids is 1. The van der Waals surface area contributed by atoms with Crippen LogP contribution in [0.15, 0.2) is 53.5 Å². The molecule has 1 fully saturated rings. The maximum Gasteiger partial charge on any atom is 0.247 e.